The third kappa shape index (κ3) is 7.91. The molecule has 2 aromatic rings. The summed E-state index contributed by atoms with van der Waals surface area (Å²) in [5.74, 6) is -0.223. The lowest BCUT2D eigenvalue weighted by atomic mass is 9.86. The van der Waals surface area contributed by atoms with Gasteiger partial charge < -0.3 is 26.4 Å². The third-order valence-corrected chi connectivity index (χ3v) is 7.73. The van der Waals surface area contributed by atoms with Gasteiger partial charge in [-0.2, -0.15) is 0 Å². The molecular formula is C29H41ClN4O4. The number of likely N-dealkylation sites (tertiary alicyclic amines) is 1. The molecule has 0 radical (unpaired) electrons. The Morgan fingerprint density at radius 1 is 1.00 bits per heavy atom. The van der Waals surface area contributed by atoms with E-state index in [2.05, 4.69) is 10.6 Å². The van der Waals surface area contributed by atoms with Crippen molar-refractivity contribution in [2.45, 2.75) is 76.0 Å². The van der Waals surface area contributed by atoms with Crippen molar-refractivity contribution in [3.63, 3.8) is 0 Å². The van der Waals surface area contributed by atoms with Gasteiger partial charge in [-0.1, -0.05) is 61.7 Å². The summed E-state index contributed by atoms with van der Waals surface area (Å²) in [7, 11) is 0. The summed E-state index contributed by atoms with van der Waals surface area (Å²) in [6, 6.07) is 12.6. The standard InChI is InChI=1S/C29H40N4O4.ClH/c30-18-24(34)19-31-28(36)25(16-21-12-13-22-9-4-5-10-23(22)15-21)32-29(37)26-11-6-14-33(26)27(35)17-20-7-2-1-3-8-20;/h4-5,9-10,12-13,15,20,24-26,34H,1-3,6-8,11,14,16-19,30H2,(H,31,36)(H,32,37);1H/t24?,25-,26+;/m1./s1. The summed E-state index contributed by atoms with van der Waals surface area (Å²) < 4.78 is 0. The molecule has 3 atom stereocenters. The van der Waals surface area contributed by atoms with Crippen LogP contribution in [-0.4, -0.2) is 65.5 Å². The van der Waals surface area contributed by atoms with Crippen LogP contribution in [0.5, 0.6) is 0 Å². The average Bonchev–Trinajstić information content (AvgIpc) is 3.42. The highest BCUT2D eigenvalue weighted by atomic mass is 35.5. The van der Waals surface area contributed by atoms with Crippen molar-refractivity contribution in [1.82, 2.24) is 15.5 Å². The lowest BCUT2D eigenvalue weighted by molar-refractivity contribution is -0.140. The largest absolute Gasteiger partial charge is 0.390 e. The maximum atomic E-state index is 13.4. The first kappa shape index (κ1) is 29.9. The van der Waals surface area contributed by atoms with Gasteiger partial charge >= 0.3 is 0 Å². The summed E-state index contributed by atoms with van der Waals surface area (Å²) in [6.45, 7) is 0.616. The number of fused-ring (bicyclic) bond motifs is 1. The predicted octanol–water partition coefficient (Wildman–Crippen LogP) is 2.69. The molecule has 1 aliphatic heterocycles. The topological polar surface area (TPSA) is 125 Å². The number of hydrogen-bond donors (Lipinski definition) is 4. The fourth-order valence-electron chi connectivity index (χ4n) is 5.60. The van der Waals surface area contributed by atoms with E-state index in [9.17, 15) is 19.5 Å². The SMILES string of the molecule is Cl.NCC(O)CNC(=O)[C@@H](Cc1ccc2ccccc2c1)NC(=O)[C@@H]1CCCN1C(=O)CC1CCCCC1. The highest BCUT2D eigenvalue weighted by Crippen LogP contribution is 2.28. The van der Waals surface area contributed by atoms with E-state index in [0.29, 0.717) is 31.7 Å². The first-order chi connectivity index (χ1) is 17.9. The first-order valence-corrected chi connectivity index (χ1v) is 13.7. The Kier molecular flexibility index (Phi) is 11.4. The number of nitrogens with two attached hydrogens (primary N) is 1. The summed E-state index contributed by atoms with van der Waals surface area (Å²) in [4.78, 5) is 41.3. The van der Waals surface area contributed by atoms with Crippen LogP contribution in [0.15, 0.2) is 42.5 Å². The first-order valence-electron chi connectivity index (χ1n) is 13.7. The van der Waals surface area contributed by atoms with Crippen LogP contribution >= 0.6 is 12.4 Å². The number of benzene rings is 2. The number of aliphatic hydroxyl groups is 1. The summed E-state index contributed by atoms with van der Waals surface area (Å²) in [5.41, 5.74) is 6.39. The Morgan fingerprint density at radius 3 is 2.47 bits per heavy atom. The minimum Gasteiger partial charge on any atom is -0.390 e. The van der Waals surface area contributed by atoms with Crippen LogP contribution in [0.4, 0.5) is 0 Å². The van der Waals surface area contributed by atoms with Crippen LogP contribution in [0.1, 0.15) is 56.9 Å². The Morgan fingerprint density at radius 2 is 1.74 bits per heavy atom. The summed E-state index contributed by atoms with van der Waals surface area (Å²) >= 11 is 0. The van der Waals surface area contributed by atoms with E-state index in [0.717, 1.165) is 35.6 Å². The molecule has 8 nitrogen and oxygen atoms in total. The van der Waals surface area contributed by atoms with Gasteiger partial charge in [0.05, 0.1) is 6.10 Å². The van der Waals surface area contributed by atoms with Crippen molar-refractivity contribution in [2.75, 3.05) is 19.6 Å². The number of nitrogens with zero attached hydrogens (tertiary/aromatic N) is 1. The van der Waals surface area contributed by atoms with Crippen LogP contribution in [0, 0.1) is 5.92 Å². The predicted molar refractivity (Wildman–Crippen MR) is 151 cm³/mol. The van der Waals surface area contributed by atoms with Crippen LogP contribution in [0.3, 0.4) is 0 Å². The van der Waals surface area contributed by atoms with Crippen LogP contribution in [-0.2, 0) is 20.8 Å². The number of nitrogens with one attached hydrogen (secondary N) is 2. The molecule has 1 unspecified atom stereocenters. The number of amides is 3. The molecule has 0 bridgehead atoms. The van der Waals surface area contributed by atoms with E-state index in [1.54, 1.807) is 4.90 Å². The van der Waals surface area contributed by atoms with Crippen molar-refractivity contribution in [3.8, 4) is 0 Å². The number of carbonyl (C=O) groups is 3. The van der Waals surface area contributed by atoms with E-state index in [4.69, 9.17) is 5.73 Å². The Bertz CT molecular complexity index is 1090. The molecule has 2 fully saturated rings. The number of carbonyl (C=O) groups excluding carboxylic acids is 3. The van der Waals surface area contributed by atoms with Crippen LogP contribution in [0.2, 0.25) is 0 Å². The number of hydrogen-bond acceptors (Lipinski definition) is 5. The van der Waals surface area contributed by atoms with E-state index in [1.165, 1.54) is 19.3 Å². The molecule has 0 spiro atoms. The average molecular weight is 545 g/mol. The smallest absolute Gasteiger partial charge is 0.243 e. The fourth-order valence-corrected chi connectivity index (χ4v) is 5.60. The zero-order chi connectivity index (χ0) is 26.2. The van der Waals surface area contributed by atoms with Crippen LogP contribution in [0.25, 0.3) is 10.8 Å². The molecule has 2 aliphatic rings. The van der Waals surface area contributed by atoms with Gasteiger partial charge in [-0.3, -0.25) is 14.4 Å². The highest BCUT2D eigenvalue weighted by molar-refractivity contribution is 5.93. The van der Waals surface area contributed by atoms with Crippen molar-refractivity contribution in [3.05, 3.63) is 48.0 Å². The van der Waals surface area contributed by atoms with Crippen LogP contribution < -0.4 is 16.4 Å². The molecule has 1 saturated heterocycles. The molecule has 38 heavy (non-hydrogen) atoms. The molecule has 4 rings (SSSR count). The second kappa shape index (κ2) is 14.5. The van der Waals surface area contributed by atoms with Gasteiger partial charge in [0.1, 0.15) is 12.1 Å². The Labute approximate surface area is 231 Å². The normalized spacial score (nSPS) is 19.4. The van der Waals surface area contributed by atoms with Gasteiger partial charge in [0.2, 0.25) is 17.7 Å². The maximum Gasteiger partial charge on any atom is 0.243 e. The van der Waals surface area contributed by atoms with Crippen molar-refractivity contribution >= 4 is 40.9 Å². The minimum absolute atomic E-state index is 0. The van der Waals surface area contributed by atoms with Gasteiger partial charge in [0.25, 0.3) is 0 Å². The number of aliphatic hydroxyl groups excluding tert-OH is 1. The lowest BCUT2D eigenvalue weighted by Crippen LogP contribution is -2.54. The highest BCUT2D eigenvalue weighted by Gasteiger charge is 2.36. The van der Waals surface area contributed by atoms with Gasteiger partial charge in [0.15, 0.2) is 0 Å². The van der Waals surface area contributed by atoms with Gasteiger partial charge in [-0.15, -0.1) is 12.4 Å². The van der Waals surface area contributed by atoms with E-state index < -0.39 is 18.2 Å². The van der Waals surface area contributed by atoms with Gasteiger partial charge in [-0.05, 0) is 47.9 Å². The van der Waals surface area contributed by atoms with Crippen molar-refractivity contribution in [1.29, 1.82) is 0 Å². The fraction of sp³-hybridized carbons (Fsp3) is 0.552. The Balaban J connectivity index is 0.00000400. The van der Waals surface area contributed by atoms with E-state index in [-0.39, 0.29) is 43.2 Å². The lowest BCUT2D eigenvalue weighted by Gasteiger charge is -2.29. The molecule has 9 heteroatoms. The molecule has 3 amide bonds. The minimum atomic E-state index is -0.858. The Hall–Kier alpha value is -2.68. The summed E-state index contributed by atoms with van der Waals surface area (Å²) in [6.07, 6.45) is 7.06. The van der Waals surface area contributed by atoms with E-state index >= 15 is 0 Å². The van der Waals surface area contributed by atoms with Gasteiger partial charge in [0, 0.05) is 32.5 Å². The molecule has 1 saturated carbocycles. The number of halogens is 1. The number of rotatable bonds is 10. The third-order valence-electron chi connectivity index (χ3n) is 7.73. The molecular weight excluding hydrogens is 504 g/mol. The van der Waals surface area contributed by atoms with Gasteiger partial charge in [-0.25, -0.2) is 0 Å². The second-order valence-corrected chi connectivity index (χ2v) is 10.5. The quantitative estimate of drug-likeness (QED) is 0.366. The zero-order valence-electron chi connectivity index (χ0n) is 21.9. The molecule has 5 N–H and O–H groups in total. The molecule has 1 heterocycles. The van der Waals surface area contributed by atoms with Crippen molar-refractivity contribution < 1.29 is 19.5 Å². The zero-order valence-corrected chi connectivity index (χ0v) is 22.8. The van der Waals surface area contributed by atoms with Crippen molar-refractivity contribution in [2.24, 2.45) is 11.7 Å². The van der Waals surface area contributed by atoms with E-state index in [1.807, 2.05) is 42.5 Å². The second-order valence-electron chi connectivity index (χ2n) is 10.5. The molecule has 208 valence electrons. The molecule has 2 aromatic carbocycles. The summed E-state index contributed by atoms with van der Waals surface area (Å²) in [5, 5.41) is 17.6. The maximum absolute atomic E-state index is 13.4. The molecule has 0 aromatic heterocycles. The monoisotopic (exact) mass is 544 g/mol. The molecule has 1 aliphatic carbocycles.